The molecule has 6 heteroatoms. The molecule has 0 radical (unpaired) electrons. The summed E-state index contributed by atoms with van der Waals surface area (Å²) in [5.41, 5.74) is 1.23. The van der Waals surface area contributed by atoms with Crippen LogP contribution in [0.5, 0.6) is 0 Å². The molecule has 0 saturated carbocycles. The maximum Gasteiger partial charge on any atom is 0.182 e. The highest BCUT2D eigenvalue weighted by Crippen LogP contribution is 2.21. The number of fused-ring (bicyclic) bond motifs is 1. The molecule has 3 rings (SSSR count). The predicted molar refractivity (Wildman–Crippen MR) is 68.3 cm³/mol. The molecule has 0 aliphatic carbocycles. The number of rotatable bonds is 1. The maximum absolute atomic E-state index is 13.3. The van der Waals surface area contributed by atoms with Gasteiger partial charge < -0.3 is 4.98 Å². The lowest BCUT2D eigenvalue weighted by Crippen LogP contribution is -1.96. The lowest BCUT2D eigenvalue weighted by atomic mass is 10.2. The molecule has 0 spiro atoms. The Bertz CT molecular complexity index is 815. The van der Waals surface area contributed by atoms with E-state index in [0.717, 1.165) is 18.2 Å². The summed E-state index contributed by atoms with van der Waals surface area (Å²) >= 11 is 5.10. The fraction of sp³-hybridized carbons (Fsp3) is 0. The van der Waals surface area contributed by atoms with Crippen molar-refractivity contribution in [1.82, 2.24) is 9.55 Å². The SMILES string of the molecule is Fc1cc(F)cc(-n2c(=S)[nH]c3ccc(F)cc32)c1. The molecule has 0 aliphatic heterocycles. The summed E-state index contributed by atoms with van der Waals surface area (Å²) < 4.78 is 41.4. The first-order valence-electron chi connectivity index (χ1n) is 5.41. The number of nitrogens with zero attached hydrogens (tertiary/aromatic N) is 1. The third-order valence-electron chi connectivity index (χ3n) is 2.75. The van der Waals surface area contributed by atoms with E-state index < -0.39 is 17.5 Å². The minimum Gasteiger partial charge on any atom is -0.330 e. The van der Waals surface area contributed by atoms with Gasteiger partial charge in [-0.05, 0) is 36.5 Å². The van der Waals surface area contributed by atoms with Crippen molar-refractivity contribution in [2.75, 3.05) is 0 Å². The van der Waals surface area contributed by atoms with E-state index in [1.807, 2.05) is 0 Å². The van der Waals surface area contributed by atoms with E-state index in [4.69, 9.17) is 12.2 Å². The monoisotopic (exact) mass is 280 g/mol. The van der Waals surface area contributed by atoms with E-state index >= 15 is 0 Å². The Balaban J connectivity index is 2.38. The number of hydrogen-bond donors (Lipinski definition) is 1. The molecular weight excluding hydrogens is 273 g/mol. The molecule has 19 heavy (non-hydrogen) atoms. The van der Waals surface area contributed by atoms with Gasteiger partial charge in [0, 0.05) is 12.1 Å². The average molecular weight is 280 g/mol. The van der Waals surface area contributed by atoms with Crippen molar-refractivity contribution in [3.05, 3.63) is 58.6 Å². The highest BCUT2D eigenvalue weighted by molar-refractivity contribution is 7.71. The second-order valence-corrected chi connectivity index (χ2v) is 4.44. The molecule has 2 aromatic carbocycles. The average Bonchev–Trinajstić information content (AvgIpc) is 2.63. The highest BCUT2D eigenvalue weighted by atomic mass is 32.1. The minimum atomic E-state index is -0.720. The standard InChI is InChI=1S/C13H7F3N2S/c14-7-1-2-11-12(6-7)18(13(19)17-11)10-4-8(15)3-9(16)5-10/h1-6H,(H,17,19). The molecule has 0 unspecified atom stereocenters. The summed E-state index contributed by atoms with van der Waals surface area (Å²) in [5.74, 6) is -1.89. The Morgan fingerprint density at radius 2 is 1.58 bits per heavy atom. The smallest absolute Gasteiger partial charge is 0.182 e. The van der Waals surface area contributed by atoms with E-state index in [0.29, 0.717) is 11.0 Å². The molecule has 0 aliphatic rings. The van der Waals surface area contributed by atoms with E-state index in [1.54, 1.807) is 0 Å². The molecular formula is C13H7F3N2S. The first-order chi connectivity index (χ1) is 9.04. The van der Waals surface area contributed by atoms with Crippen molar-refractivity contribution in [3.63, 3.8) is 0 Å². The van der Waals surface area contributed by atoms with Crippen LogP contribution in [0.2, 0.25) is 0 Å². The van der Waals surface area contributed by atoms with E-state index in [2.05, 4.69) is 4.98 Å². The summed E-state index contributed by atoms with van der Waals surface area (Å²) in [4.78, 5) is 2.86. The summed E-state index contributed by atoms with van der Waals surface area (Å²) in [6.45, 7) is 0. The lowest BCUT2D eigenvalue weighted by Gasteiger charge is -2.05. The van der Waals surface area contributed by atoms with Crippen LogP contribution in [0, 0.1) is 22.2 Å². The summed E-state index contributed by atoms with van der Waals surface area (Å²) in [6.07, 6.45) is 0. The second-order valence-electron chi connectivity index (χ2n) is 4.05. The zero-order valence-electron chi connectivity index (χ0n) is 9.45. The number of benzene rings is 2. The Morgan fingerprint density at radius 1 is 0.895 bits per heavy atom. The second kappa shape index (κ2) is 4.24. The van der Waals surface area contributed by atoms with Crippen molar-refractivity contribution in [1.29, 1.82) is 0 Å². The molecule has 3 aromatic rings. The van der Waals surface area contributed by atoms with Crippen molar-refractivity contribution in [2.24, 2.45) is 0 Å². The van der Waals surface area contributed by atoms with Crippen LogP contribution >= 0.6 is 12.2 Å². The summed E-state index contributed by atoms with van der Waals surface area (Å²) in [5, 5.41) is 0. The Morgan fingerprint density at radius 3 is 2.26 bits per heavy atom. The number of imidazole rings is 1. The van der Waals surface area contributed by atoms with Gasteiger partial charge in [0.1, 0.15) is 17.5 Å². The van der Waals surface area contributed by atoms with Gasteiger partial charge in [-0.3, -0.25) is 4.57 Å². The van der Waals surface area contributed by atoms with Crippen molar-refractivity contribution in [3.8, 4) is 5.69 Å². The zero-order chi connectivity index (χ0) is 13.6. The highest BCUT2D eigenvalue weighted by Gasteiger charge is 2.09. The molecule has 1 heterocycles. The first-order valence-corrected chi connectivity index (χ1v) is 5.82. The normalized spacial score (nSPS) is 11.1. The fourth-order valence-electron chi connectivity index (χ4n) is 2.00. The molecule has 0 fully saturated rings. The molecule has 0 atom stereocenters. The third kappa shape index (κ3) is 2.04. The van der Waals surface area contributed by atoms with Gasteiger partial charge in [-0.1, -0.05) is 0 Å². The Labute approximate surface area is 111 Å². The van der Waals surface area contributed by atoms with E-state index in [1.165, 1.54) is 22.8 Å². The Kier molecular flexibility index (Phi) is 2.67. The van der Waals surface area contributed by atoms with Gasteiger partial charge in [0.15, 0.2) is 4.77 Å². The third-order valence-corrected chi connectivity index (χ3v) is 3.04. The van der Waals surface area contributed by atoms with E-state index in [9.17, 15) is 13.2 Å². The minimum absolute atomic E-state index is 0.208. The number of H-pyrrole nitrogens is 1. The zero-order valence-corrected chi connectivity index (χ0v) is 10.3. The van der Waals surface area contributed by atoms with Gasteiger partial charge in [-0.25, -0.2) is 13.2 Å². The van der Waals surface area contributed by atoms with Crippen LogP contribution in [0.4, 0.5) is 13.2 Å². The molecule has 0 saturated heterocycles. The largest absolute Gasteiger partial charge is 0.330 e. The molecule has 0 amide bonds. The quantitative estimate of drug-likeness (QED) is 0.665. The number of halogens is 3. The maximum atomic E-state index is 13.3. The van der Waals surface area contributed by atoms with Gasteiger partial charge in [-0.2, -0.15) is 0 Å². The molecule has 96 valence electrons. The van der Waals surface area contributed by atoms with Gasteiger partial charge in [-0.15, -0.1) is 0 Å². The first kappa shape index (κ1) is 12.0. The van der Waals surface area contributed by atoms with Crippen molar-refractivity contribution < 1.29 is 13.2 Å². The lowest BCUT2D eigenvalue weighted by molar-refractivity contribution is 0.581. The number of aromatic nitrogens is 2. The van der Waals surface area contributed by atoms with Gasteiger partial charge in [0.2, 0.25) is 0 Å². The van der Waals surface area contributed by atoms with Crippen molar-refractivity contribution >= 4 is 23.3 Å². The van der Waals surface area contributed by atoms with Crippen LogP contribution in [-0.2, 0) is 0 Å². The van der Waals surface area contributed by atoms with E-state index in [-0.39, 0.29) is 10.5 Å². The van der Waals surface area contributed by atoms with Crippen LogP contribution in [-0.4, -0.2) is 9.55 Å². The Hall–Kier alpha value is -2.08. The number of nitrogens with one attached hydrogen (secondary N) is 1. The molecule has 1 N–H and O–H groups in total. The van der Waals surface area contributed by atoms with Crippen LogP contribution in [0.15, 0.2) is 36.4 Å². The van der Waals surface area contributed by atoms with Crippen LogP contribution < -0.4 is 0 Å². The predicted octanol–water partition coefficient (Wildman–Crippen LogP) is 4.11. The van der Waals surface area contributed by atoms with Gasteiger partial charge in [0.25, 0.3) is 0 Å². The van der Waals surface area contributed by atoms with Crippen LogP contribution in [0.1, 0.15) is 0 Å². The van der Waals surface area contributed by atoms with Gasteiger partial charge in [0.05, 0.1) is 16.7 Å². The number of hydrogen-bond acceptors (Lipinski definition) is 1. The molecule has 2 nitrogen and oxygen atoms in total. The fourth-order valence-corrected chi connectivity index (χ4v) is 2.31. The molecule has 1 aromatic heterocycles. The van der Waals surface area contributed by atoms with Crippen LogP contribution in [0.25, 0.3) is 16.7 Å². The topological polar surface area (TPSA) is 20.7 Å². The molecule has 0 bridgehead atoms. The van der Waals surface area contributed by atoms with Gasteiger partial charge >= 0.3 is 0 Å². The summed E-state index contributed by atoms with van der Waals surface area (Å²) in [6, 6.07) is 7.10. The summed E-state index contributed by atoms with van der Waals surface area (Å²) in [7, 11) is 0. The number of aromatic amines is 1. The van der Waals surface area contributed by atoms with Crippen LogP contribution in [0.3, 0.4) is 0 Å². The van der Waals surface area contributed by atoms with Crippen molar-refractivity contribution in [2.45, 2.75) is 0 Å².